The Morgan fingerprint density at radius 3 is 2.75 bits per heavy atom. The van der Waals surface area contributed by atoms with Crippen molar-refractivity contribution in [3.63, 3.8) is 0 Å². The van der Waals surface area contributed by atoms with Gasteiger partial charge in [-0.05, 0) is 41.5 Å². The highest BCUT2D eigenvalue weighted by molar-refractivity contribution is 9.10. The molecule has 0 aromatic heterocycles. The zero-order valence-electron chi connectivity index (χ0n) is 10.4. The number of benzene rings is 2. The van der Waals surface area contributed by atoms with Crippen molar-refractivity contribution in [2.45, 2.75) is 12.5 Å². The van der Waals surface area contributed by atoms with E-state index in [4.69, 9.17) is 21.6 Å². The van der Waals surface area contributed by atoms with Crippen molar-refractivity contribution in [3.05, 3.63) is 63.4 Å². The third-order valence-electron chi connectivity index (χ3n) is 2.72. The topological polar surface area (TPSA) is 33.0 Å². The molecule has 2 aromatic carbocycles. The van der Waals surface area contributed by atoms with Crippen LogP contribution in [0, 0.1) is 17.1 Å². The van der Waals surface area contributed by atoms with Crippen LogP contribution >= 0.6 is 27.5 Å². The van der Waals surface area contributed by atoms with Gasteiger partial charge < -0.3 is 4.74 Å². The second-order valence-corrected chi connectivity index (χ2v) is 5.22. The lowest BCUT2D eigenvalue weighted by molar-refractivity contribution is 0.305. The number of nitrogens with zero attached hydrogens (tertiary/aromatic N) is 1. The largest absolute Gasteiger partial charge is 0.489 e. The predicted octanol–water partition coefficient (Wildman–Crippen LogP) is 4.78. The Morgan fingerprint density at radius 1 is 1.25 bits per heavy atom. The minimum atomic E-state index is -0.524. The summed E-state index contributed by atoms with van der Waals surface area (Å²) in [6.45, 7) is 0.262. The van der Waals surface area contributed by atoms with Gasteiger partial charge in [0.15, 0.2) is 0 Å². The van der Waals surface area contributed by atoms with Gasteiger partial charge in [-0.3, -0.25) is 0 Å². The second-order valence-electron chi connectivity index (χ2n) is 4.10. The summed E-state index contributed by atoms with van der Waals surface area (Å²) in [6.07, 6.45) is 0. The van der Waals surface area contributed by atoms with Crippen LogP contribution in [-0.4, -0.2) is 0 Å². The van der Waals surface area contributed by atoms with Gasteiger partial charge in [-0.2, -0.15) is 5.26 Å². The quantitative estimate of drug-likeness (QED) is 0.740. The van der Waals surface area contributed by atoms with Crippen molar-refractivity contribution in [1.82, 2.24) is 0 Å². The third-order valence-corrected chi connectivity index (χ3v) is 3.78. The first-order chi connectivity index (χ1) is 9.63. The van der Waals surface area contributed by atoms with Crippen LogP contribution in [0.3, 0.4) is 0 Å². The SMILES string of the molecule is N#Cc1cc(COc2ccc(Br)c(CCl)c2)ccc1F. The monoisotopic (exact) mass is 353 g/mol. The first-order valence-corrected chi connectivity index (χ1v) is 7.12. The van der Waals surface area contributed by atoms with Gasteiger partial charge in [-0.15, -0.1) is 11.6 Å². The maximum absolute atomic E-state index is 13.2. The number of rotatable bonds is 4. The van der Waals surface area contributed by atoms with E-state index in [-0.39, 0.29) is 12.2 Å². The van der Waals surface area contributed by atoms with Crippen LogP contribution < -0.4 is 4.74 Å². The standard InChI is InChI=1S/C15H10BrClFNO/c16-14-3-2-13(6-11(14)7-17)20-9-10-1-4-15(18)12(5-10)8-19/h1-6H,7,9H2. The van der Waals surface area contributed by atoms with Gasteiger partial charge in [0.2, 0.25) is 0 Å². The third kappa shape index (κ3) is 3.50. The van der Waals surface area contributed by atoms with Crippen molar-refractivity contribution in [2.24, 2.45) is 0 Å². The molecule has 0 aliphatic heterocycles. The van der Waals surface area contributed by atoms with Crippen LogP contribution in [0.2, 0.25) is 0 Å². The summed E-state index contributed by atoms with van der Waals surface area (Å²) in [5, 5.41) is 8.78. The molecule has 0 saturated heterocycles. The number of alkyl halides is 1. The van der Waals surface area contributed by atoms with Gasteiger partial charge in [-0.25, -0.2) is 4.39 Å². The molecule has 0 spiro atoms. The minimum absolute atomic E-state index is 0.0170. The number of nitriles is 1. The van der Waals surface area contributed by atoms with E-state index in [1.165, 1.54) is 12.1 Å². The van der Waals surface area contributed by atoms with E-state index in [0.29, 0.717) is 11.6 Å². The lowest BCUT2D eigenvalue weighted by Crippen LogP contribution is -1.97. The van der Waals surface area contributed by atoms with Crippen molar-refractivity contribution in [3.8, 4) is 11.8 Å². The number of halogens is 3. The highest BCUT2D eigenvalue weighted by Gasteiger charge is 2.05. The fourth-order valence-electron chi connectivity index (χ4n) is 1.66. The fourth-order valence-corrected chi connectivity index (χ4v) is 2.43. The average molecular weight is 355 g/mol. The van der Waals surface area contributed by atoms with Crippen molar-refractivity contribution < 1.29 is 9.13 Å². The van der Waals surface area contributed by atoms with Gasteiger partial charge in [0.05, 0.1) is 5.56 Å². The molecule has 20 heavy (non-hydrogen) atoms. The Morgan fingerprint density at radius 2 is 2.05 bits per heavy atom. The van der Waals surface area contributed by atoms with E-state index in [1.807, 2.05) is 18.2 Å². The summed E-state index contributed by atoms with van der Waals surface area (Å²) in [7, 11) is 0. The molecule has 2 rings (SSSR count). The Hall–Kier alpha value is -1.57. The molecule has 0 amide bonds. The van der Waals surface area contributed by atoms with Crippen LogP contribution in [0.1, 0.15) is 16.7 Å². The van der Waals surface area contributed by atoms with Gasteiger partial charge in [-0.1, -0.05) is 22.0 Å². The summed E-state index contributed by atoms with van der Waals surface area (Å²) in [5.41, 5.74) is 1.68. The molecule has 2 aromatic rings. The Labute approximate surface area is 129 Å². The van der Waals surface area contributed by atoms with Crippen LogP contribution in [0.25, 0.3) is 0 Å². The lowest BCUT2D eigenvalue weighted by Gasteiger charge is -2.09. The average Bonchev–Trinajstić information content (AvgIpc) is 2.47. The summed E-state index contributed by atoms with van der Waals surface area (Å²) < 4.78 is 19.7. The highest BCUT2D eigenvalue weighted by atomic mass is 79.9. The summed E-state index contributed by atoms with van der Waals surface area (Å²) in [4.78, 5) is 0. The molecule has 0 atom stereocenters. The first kappa shape index (κ1) is 14.8. The number of ether oxygens (including phenoxy) is 1. The normalized spacial score (nSPS) is 10.1. The summed E-state index contributed by atoms with van der Waals surface area (Å²) in [5.74, 6) is 0.531. The molecule has 0 fully saturated rings. The first-order valence-electron chi connectivity index (χ1n) is 5.79. The predicted molar refractivity (Wildman–Crippen MR) is 79.1 cm³/mol. The van der Waals surface area contributed by atoms with Gasteiger partial charge >= 0.3 is 0 Å². The zero-order chi connectivity index (χ0) is 14.5. The van der Waals surface area contributed by atoms with Gasteiger partial charge in [0.1, 0.15) is 24.2 Å². The molecular weight excluding hydrogens is 345 g/mol. The van der Waals surface area contributed by atoms with E-state index in [2.05, 4.69) is 15.9 Å². The Kier molecular flexibility index (Phi) is 4.99. The summed E-state index contributed by atoms with van der Waals surface area (Å²) >= 11 is 9.21. The second kappa shape index (κ2) is 6.74. The molecule has 0 saturated carbocycles. The van der Waals surface area contributed by atoms with Gasteiger partial charge in [0, 0.05) is 10.4 Å². The molecule has 5 heteroatoms. The summed E-state index contributed by atoms with van der Waals surface area (Å²) in [6, 6.07) is 11.7. The molecular formula is C15H10BrClFNO. The maximum atomic E-state index is 13.2. The van der Waals surface area contributed by atoms with E-state index < -0.39 is 5.82 Å². The van der Waals surface area contributed by atoms with Crippen molar-refractivity contribution in [2.75, 3.05) is 0 Å². The van der Waals surface area contributed by atoms with Crippen LogP contribution in [0.5, 0.6) is 5.75 Å². The maximum Gasteiger partial charge on any atom is 0.140 e. The van der Waals surface area contributed by atoms with E-state index >= 15 is 0 Å². The van der Waals surface area contributed by atoms with E-state index in [9.17, 15) is 4.39 Å². The van der Waals surface area contributed by atoms with E-state index in [0.717, 1.165) is 15.6 Å². The molecule has 0 aliphatic rings. The number of hydrogen-bond acceptors (Lipinski definition) is 2. The van der Waals surface area contributed by atoms with Crippen LogP contribution in [0.15, 0.2) is 40.9 Å². The van der Waals surface area contributed by atoms with Crippen LogP contribution in [0.4, 0.5) is 4.39 Å². The van der Waals surface area contributed by atoms with E-state index in [1.54, 1.807) is 12.1 Å². The Balaban J connectivity index is 2.11. The fraction of sp³-hybridized carbons (Fsp3) is 0.133. The minimum Gasteiger partial charge on any atom is -0.489 e. The van der Waals surface area contributed by atoms with Gasteiger partial charge in [0.25, 0.3) is 0 Å². The van der Waals surface area contributed by atoms with Crippen molar-refractivity contribution in [1.29, 1.82) is 5.26 Å². The molecule has 0 bridgehead atoms. The van der Waals surface area contributed by atoms with Crippen molar-refractivity contribution >= 4 is 27.5 Å². The molecule has 0 N–H and O–H groups in total. The smallest absolute Gasteiger partial charge is 0.140 e. The molecule has 0 aliphatic carbocycles. The zero-order valence-corrected chi connectivity index (χ0v) is 12.7. The lowest BCUT2D eigenvalue weighted by atomic mass is 10.1. The molecule has 102 valence electrons. The molecule has 0 heterocycles. The molecule has 0 radical (unpaired) electrons. The van der Waals surface area contributed by atoms with Crippen LogP contribution in [-0.2, 0) is 12.5 Å². The Bertz CT molecular complexity index is 669. The molecule has 2 nitrogen and oxygen atoms in total. The molecule has 0 unspecified atom stereocenters. The number of hydrogen-bond donors (Lipinski definition) is 0. The highest BCUT2D eigenvalue weighted by Crippen LogP contribution is 2.24.